The van der Waals surface area contributed by atoms with Crippen molar-refractivity contribution in [1.29, 1.82) is 0 Å². The number of carbonyl (C=O) groups excluding carboxylic acids is 2. The number of carboxylic acid groups (broad SMARTS) is 3. The number of aliphatic carboxylic acids is 3. The first kappa shape index (κ1) is 56.2. The van der Waals surface area contributed by atoms with Crippen LogP contribution in [-0.4, -0.2) is 195 Å². The van der Waals surface area contributed by atoms with Crippen LogP contribution in [0.25, 0.3) is 0 Å². The molecule has 13 N–H and O–H groups in total. The number of ketones is 1. The van der Waals surface area contributed by atoms with Gasteiger partial charge < -0.3 is 90.1 Å². The van der Waals surface area contributed by atoms with Crippen LogP contribution >= 0.6 is 0 Å². The van der Waals surface area contributed by atoms with Gasteiger partial charge in [-0.15, -0.1) is 0 Å². The van der Waals surface area contributed by atoms with Gasteiger partial charge in [0, 0.05) is 5.92 Å². The molecular formula is C48H74O22. The number of aliphatic hydroxyl groups is 10. The lowest BCUT2D eigenvalue weighted by Gasteiger charge is -2.70. The molecule has 0 unspecified atom stereocenters. The van der Waals surface area contributed by atoms with Gasteiger partial charge in [-0.25, -0.2) is 9.59 Å². The van der Waals surface area contributed by atoms with Gasteiger partial charge in [0.05, 0.1) is 18.1 Å². The van der Waals surface area contributed by atoms with Crippen molar-refractivity contribution in [3.8, 4) is 0 Å². The molecule has 398 valence electrons. The molecular weight excluding hydrogens is 929 g/mol. The van der Waals surface area contributed by atoms with E-state index in [1.165, 1.54) is 0 Å². The minimum atomic E-state index is -2.05. The molecule has 2 heterocycles. The first-order chi connectivity index (χ1) is 32.3. The van der Waals surface area contributed by atoms with E-state index in [4.69, 9.17) is 44.5 Å². The first-order valence-corrected chi connectivity index (χ1v) is 24.1. The molecule has 6 fully saturated rings. The quantitative estimate of drug-likeness (QED) is 0.0812. The van der Waals surface area contributed by atoms with Crippen molar-refractivity contribution in [1.82, 2.24) is 0 Å². The highest BCUT2D eigenvalue weighted by Gasteiger charge is 2.71. The first-order valence-electron chi connectivity index (χ1n) is 24.1. The van der Waals surface area contributed by atoms with Crippen molar-refractivity contribution in [2.75, 3.05) is 6.61 Å². The van der Waals surface area contributed by atoms with Crippen LogP contribution in [0.5, 0.6) is 0 Å². The fraction of sp³-hybridized carbons (Fsp3) is 0.854. The van der Waals surface area contributed by atoms with Gasteiger partial charge >= 0.3 is 17.9 Å². The van der Waals surface area contributed by atoms with Crippen molar-refractivity contribution in [3.63, 3.8) is 0 Å². The highest BCUT2D eigenvalue weighted by Crippen LogP contribution is 2.75. The van der Waals surface area contributed by atoms with Crippen molar-refractivity contribution < 1.29 is 109 Å². The Kier molecular flexibility index (Phi) is 16.1. The second-order valence-electron chi connectivity index (χ2n) is 23.0. The molecule has 7 aliphatic rings. The minimum absolute atomic E-state index is 0.0217. The molecule has 0 aromatic carbocycles. The number of aldehydes is 1. The van der Waals surface area contributed by atoms with E-state index in [1.807, 2.05) is 26.8 Å². The summed E-state index contributed by atoms with van der Waals surface area (Å²) in [4.78, 5) is 61.2. The Morgan fingerprint density at radius 2 is 1.30 bits per heavy atom. The normalized spacial score (nSPS) is 47.2. The van der Waals surface area contributed by atoms with Crippen molar-refractivity contribution in [3.05, 3.63) is 11.6 Å². The molecule has 22 nitrogen and oxygen atoms in total. The Labute approximate surface area is 405 Å². The summed E-state index contributed by atoms with van der Waals surface area (Å²) >= 11 is 0. The Morgan fingerprint density at radius 1 is 0.729 bits per heavy atom. The second-order valence-corrected chi connectivity index (χ2v) is 23.0. The largest absolute Gasteiger partial charge is 0.481 e. The summed E-state index contributed by atoms with van der Waals surface area (Å²) < 4.78 is 23.4. The molecule has 0 radical (unpaired) electrons. The SMILES string of the molecule is CC1(C)[C@@H](O[C@H]2O[C@H](C(=O)O)[C@@H](O)[C@H](O)[C@H]2O[C@@H]2O[C@H](C(=O)O)[C@@H](O)[C@H](O)[C@H]2O)CC[C@]2(C)[C@H]3C(=O)C=C4[C@@H]5C[C@@](C)(C(=O)O)CC[C@]5(C)CC[C@@]4(C)[C@]3(C)CC[C@@H]12.O=C[C@H](O)[C@@H](O)[C@@H](O)[C@H](O)CO. The summed E-state index contributed by atoms with van der Waals surface area (Å²) in [6.45, 7) is 14.1. The van der Waals surface area contributed by atoms with Crippen LogP contribution in [0.15, 0.2) is 11.6 Å². The van der Waals surface area contributed by atoms with Crippen LogP contribution in [0.3, 0.4) is 0 Å². The summed E-state index contributed by atoms with van der Waals surface area (Å²) in [7, 11) is 0. The van der Waals surface area contributed by atoms with E-state index in [1.54, 1.807) is 0 Å². The third kappa shape index (κ3) is 9.30. The molecule has 0 aromatic rings. The lowest BCUT2D eigenvalue weighted by atomic mass is 9.33. The maximum atomic E-state index is 14.8. The van der Waals surface area contributed by atoms with E-state index < -0.39 is 138 Å². The lowest BCUT2D eigenvalue weighted by Crippen LogP contribution is -2.68. The lowest BCUT2D eigenvalue weighted by molar-refractivity contribution is -0.371. The molecule has 5 aliphatic carbocycles. The highest BCUT2D eigenvalue weighted by molar-refractivity contribution is 5.95. The molecule has 7 rings (SSSR count). The second kappa shape index (κ2) is 20.0. The third-order valence-electron chi connectivity index (χ3n) is 18.6. The summed E-state index contributed by atoms with van der Waals surface area (Å²) in [5.41, 5.74) is -1.81. The van der Waals surface area contributed by atoms with Gasteiger partial charge in [-0.1, -0.05) is 47.1 Å². The van der Waals surface area contributed by atoms with Crippen molar-refractivity contribution in [2.24, 2.45) is 50.2 Å². The van der Waals surface area contributed by atoms with E-state index in [0.717, 1.165) is 37.7 Å². The summed E-state index contributed by atoms with van der Waals surface area (Å²) in [6.07, 6.45) is -19.1. The maximum absolute atomic E-state index is 14.8. The molecule has 22 heteroatoms. The fourth-order valence-electron chi connectivity index (χ4n) is 14.0. The number of ether oxygens (including phenoxy) is 4. The molecule has 2 saturated heterocycles. The predicted octanol–water partition coefficient (Wildman–Crippen LogP) is -1.13. The molecule has 23 atom stereocenters. The van der Waals surface area contributed by atoms with Gasteiger partial charge in [-0.2, -0.15) is 0 Å². The summed E-state index contributed by atoms with van der Waals surface area (Å²) in [5.74, 6) is -4.47. The zero-order chi connectivity index (χ0) is 52.6. The van der Waals surface area contributed by atoms with Crippen molar-refractivity contribution in [2.45, 2.75) is 198 Å². The molecule has 70 heavy (non-hydrogen) atoms. The smallest absolute Gasteiger partial charge is 0.335 e. The molecule has 4 saturated carbocycles. The van der Waals surface area contributed by atoms with Crippen LogP contribution < -0.4 is 0 Å². The van der Waals surface area contributed by atoms with Gasteiger partial charge in [-0.3, -0.25) is 9.59 Å². The Hall–Kier alpha value is -3.07. The Bertz CT molecular complexity index is 2010. The molecule has 0 aromatic heterocycles. The monoisotopic (exact) mass is 1000 g/mol. The standard InChI is InChI=1S/C42H62O16.C6H12O6/c1-37(2)21-8-11-42(7)31(20(43)16-18-19-17-39(4,36(53)54)13-12-38(19,3)14-15-41(18,42)6)40(21,5)10-9-22(37)55-35-30(26(47)25(46)29(57-35)33(51)52)58-34-27(48)23(44)24(45)28(56-34)32(49)50;7-1-3(9)5(11)6(12)4(10)2-8/h16,19,21-31,34-35,44-48H,8-15,17H2,1-7H3,(H,49,50)(H,51,52)(H,53,54);1,3-6,8-12H,2H2/t19-,21-,22-,23-,24-,25-,26-,27+,28-,29-,30+,31+,34-,35-,38+,39-,40-,41+,42+;3-,4+,5+,6-/m00/s1. The summed E-state index contributed by atoms with van der Waals surface area (Å²) in [5, 5.41) is 127. The van der Waals surface area contributed by atoms with Gasteiger partial charge in [-0.05, 0) is 110 Å². The number of aliphatic hydroxyl groups excluding tert-OH is 10. The van der Waals surface area contributed by atoms with E-state index >= 15 is 0 Å². The van der Waals surface area contributed by atoms with E-state index in [2.05, 4.69) is 27.7 Å². The number of hydrogen-bond acceptors (Lipinski definition) is 19. The molecule has 0 amide bonds. The summed E-state index contributed by atoms with van der Waals surface area (Å²) in [6, 6.07) is 0. The molecule has 2 aliphatic heterocycles. The van der Waals surface area contributed by atoms with Crippen LogP contribution in [0.4, 0.5) is 0 Å². The number of carboxylic acids is 3. The highest BCUT2D eigenvalue weighted by atomic mass is 16.8. The van der Waals surface area contributed by atoms with Crippen LogP contribution in [0.1, 0.15) is 106 Å². The number of fused-ring (bicyclic) bond motifs is 7. The van der Waals surface area contributed by atoms with E-state index in [-0.39, 0.29) is 40.7 Å². The zero-order valence-corrected chi connectivity index (χ0v) is 40.6. The van der Waals surface area contributed by atoms with Gasteiger partial charge in [0.25, 0.3) is 0 Å². The number of rotatable bonds is 12. The Morgan fingerprint density at radius 3 is 1.86 bits per heavy atom. The average molecular weight is 1000 g/mol. The number of allylic oxidation sites excluding steroid dienone is 2. The van der Waals surface area contributed by atoms with Gasteiger partial charge in [0.1, 0.15) is 61.0 Å². The van der Waals surface area contributed by atoms with E-state index in [0.29, 0.717) is 25.7 Å². The zero-order valence-electron chi connectivity index (χ0n) is 40.6. The maximum Gasteiger partial charge on any atom is 0.335 e. The van der Waals surface area contributed by atoms with E-state index in [9.17, 15) is 64.8 Å². The fourth-order valence-corrected chi connectivity index (χ4v) is 14.0. The topological polar surface area (TPSA) is 385 Å². The van der Waals surface area contributed by atoms with Crippen LogP contribution in [0, 0.1) is 50.2 Å². The molecule has 0 spiro atoms. The van der Waals surface area contributed by atoms with Crippen LogP contribution in [-0.2, 0) is 42.9 Å². The van der Waals surface area contributed by atoms with Crippen molar-refractivity contribution >= 4 is 30.0 Å². The third-order valence-corrected chi connectivity index (χ3v) is 18.6. The average Bonchev–Trinajstić information content (AvgIpc) is 3.29. The predicted molar refractivity (Wildman–Crippen MR) is 237 cm³/mol. The number of carbonyl (C=O) groups is 5. The van der Waals surface area contributed by atoms with Gasteiger partial charge in [0.15, 0.2) is 36.9 Å². The molecule has 0 bridgehead atoms. The van der Waals surface area contributed by atoms with Gasteiger partial charge in [0.2, 0.25) is 0 Å². The number of hydrogen-bond donors (Lipinski definition) is 13. The minimum Gasteiger partial charge on any atom is -0.481 e. The van der Waals surface area contributed by atoms with Crippen LogP contribution in [0.2, 0.25) is 0 Å². The Balaban J connectivity index is 0.000000592.